The van der Waals surface area contributed by atoms with Crippen LogP contribution in [0.5, 0.6) is 0 Å². The Bertz CT molecular complexity index is 184. The minimum Gasteiger partial charge on any atom is -0.389 e. The van der Waals surface area contributed by atoms with E-state index in [1.165, 1.54) is 19.3 Å². The molecule has 1 atom stereocenters. The van der Waals surface area contributed by atoms with Crippen molar-refractivity contribution in [2.24, 2.45) is 0 Å². The van der Waals surface area contributed by atoms with Gasteiger partial charge in [0.05, 0.1) is 11.2 Å². The third-order valence-corrected chi connectivity index (χ3v) is 3.79. The predicted octanol–water partition coefficient (Wildman–Crippen LogP) is 1.45. The lowest BCUT2D eigenvalue weighted by atomic mass is 10.0. The third kappa shape index (κ3) is 2.92. The molecule has 0 spiro atoms. The molecule has 1 heterocycles. The maximum Gasteiger partial charge on any atom is 0.0779 e. The molecule has 0 amide bonds. The quantitative estimate of drug-likeness (QED) is 0.742. The lowest BCUT2D eigenvalue weighted by molar-refractivity contribution is 0.00773. The Morgan fingerprint density at radius 3 is 2.47 bits per heavy atom. The second-order valence-corrected chi connectivity index (χ2v) is 5.44. The molecule has 0 bridgehead atoms. The van der Waals surface area contributed by atoms with Crippen molar-refractivity contribution in [3.8, 4) is 0 Å². The van der Waals surface area contributed by atoms with E-state index >= 15 is 0 Å². The molecule has 1 aliphatic heterocycles. The van der Waals surface area contributed by atoms with E-state index in [9.17, 15) is 5.11 Å². The number of hydrogen-bond acceptors (Lipinski definition) is 3. The standard InChI is InChI=1S/C12H23NO2/c1-11(5-4-8-15-11)9-13-10-12(14)6-2-3-7-12/h13-14H,2-10H2,1H3. The topological polar surface area (TPSA) is 41.5 Å². The maximum atomic E-state index is 10.1. The summed E-state index contributed by atoms with van der Waals surface area (Å²) < 4.78 is 5.69. The number of hydrogen-bond donors (Lipinski definition) is 2. The monoisotopic (exact) mass is 213 g/mol. The second kappa shape index (κ2) is 4.40. The first kappa shape index (κ1) is 11.4. The summed E-state index contributed by atoms with van der Waals surface area (Å²) in [4.78, 5) is 0. The van der Waals surface area contributed by atoms with E-state index < -0.39 is 5.60 Å². The first-order valence-electron chi connectivity index (χ1n) is 6.19. The molecule has 2 fully saturated rings. The molecule has 1 saturated heterocycles. The van der Waals surface area contributed by atoms with Crippen LogP contribution in [-0.4, -0.2) is 36.0 Å². The number of aliphatic hydroxyl groups is 1. The van der Waals surface area contributed by atoms with Gasteiger partial charge in [0.15, 0.2) is 0 Å². The van der Waals surface area contributed by atoms with E-state index in [1.807, 2.05) is 0 Å². The highest BCUT2D eigenvalue weighted by atomic mass is 16.5. The molecule has 3 heteroatoms. The Labute approximate surface area is 92.2 Å². The van der Waals surface area contributed by atoms with Crippen molar-refractivity contribution in [3.63, 3.8) is 0 Å². The minimum atomic E-state index is -0.436. The van der Waals surface area contributed by atoms with Gasteiger partial charge in [-0.05, 0) is 32.6 Å². The van der Waals surface area contributed by atoms with Gasteiger partial charge in [-0.15, -0.1) is 0 Å². The second-order valence-electron chi connectivity index (χ2n) is 5.44. The van der Waals surface area contributed by atoms with E-state index in [2.05, 4.69) is 12.2 Å². The Morgan fingerprint density at radius 2 is 1.87 bits per heavy atom. The maximum absolute atomic E-state index is 10.1. The smallest absolute Gasteiger partial charge is 0.0779 e. The first-order valence-corrected chi connectivity index (χ1v) is 6.19. The summed E-state index contributed by atoms with van der Waals surface area (Å²) >= 11 is 0. The zero-order chi connectivity index (χ0) is 10.8. The van der Waals surface area contributed by atoms with E-state index in [1.54, 1.807) is 0 Å². The average Bonchev–Trinajstić information content (AvgIpc) is 2.76. The van der Waals surface area contributed by atoms with Crippen LogP contribution in [0.25, 0.3) is 0 Å². The van der Waals surface area contributed by atoms with Gasteiger partial charge >= 0.3 is 0 Å². The van der Waals surface area contributed by atoms with Crippen LogP contribution in [0, 0.1) is 0 Å². The highest BCUT2D eigenvalue weighted by molar-refractivity contribution is 4.89. The summed E-state index contributed by atoms with van der Waals surface area (Å²) in [5.41, 5.74) is -0.427. The van der Waals surface area contributed by atoms with Gasteiger partial charge in [-0.2, -0.15) is 0 Å². The Hall–Kier alpha value is -0.120. The minimum absolute atomic E-state index is 0.00889. The molecule has 1 unspecified atom stereocenters. The largest absolute Gasteiger partial charge is 0.389 e. The summed E-state index contributed by atoms with van der Waals surface area (Å²) in [5, 5.41) is 13.5. The highest BCUT2D eigenvalue weighted by Crippen LogP contribution is 2.29. The van der Waals surface area contributed by atoms with E-state index in [0.29, 0.717) is 0 Å². The Balaban J connectivity index is 1.69. The first-order chi connectivity index (χ1) is 7.12. The van der Waals surface area contributed by atoms with Crippen molar-refractivity contribution in [2.45, 2.75) is 56.7 Å². The van der Waals surface area contributed by atoms with Gasteiger partial charge in [0.1, 0.15) is 0 Å². The van der Waals surface area contributed by atoms with Crippen LogP contribution in [0.1, 0.15) is 45.4 Å². The molecule has 2 rings (SSSR count). The SMILES string of the molecule is CC1(CNCC2(O)CCCC2)CCCO1. The molecule has 1 aliphatic carbocycles. The zero-order valence-electron chi connectivity index (χ0n) is 9.72. The summed E-state index contributed by atoms with van der Waals surface area (Å²) in [6, 6.07) is 0. The molecule has 15 heavy (non-hydrogen) atoms. The van der Waals surface area contributed by atoms with Crippen LogP contribution < -0.4 is 5.32 Å². The molecule has 0 radical (unpaired) electrons. The lowest BCUT2D eigenvalue weighted by Crippen LogP contribution is -2.44. The normalized spacial score (nSPS) is 34.8. The lowest BCUT2D eigenvalue weighted by Gasteiger charge is -2.27. The van der Waals surface area contributed by atoms with Gasteiger partial charge in [-0.1, -0.05) is 12.8 Å². The van der Waals surface area contributed by atoms with Crippen LogP contribution >= 0.6 is 0 Å². The molecule has 1 saturated carbocycles. The number of ether oxygens (including phenoxy) is 1. The molecule has 88 valence electrons. The van der Waals surface area contributed by atoms with E-state index in [0.717, 1.165) is 39.0 Å². The molecule has 0 aromatic rings. The number of nitrogens with one attached hydrogen (secondary N) is 1. The predicted molar refractivity (Wildman–Crippen MR) is 59.9 cm³/mol. The molecular formula is C12H23NO2. The summed E-state index contributed by atoms with van der Waals surface area (Å²) in [6.07, 6.45) is 6.56. The van der Waals surface area contributed by atoms with Gasteiger partial charge in [0.25, 0.3) is 0 Å². The fraction of sp³-hybridized carbons (Fsp3) is 1.00. The molecule has 3 nitrogen and oxygen atoms in total. The Kier molecular flexibility index (Phi) is 3.33. The molecule has 2 aliphatic rings. The van der Waals surface area contributed by atoms with Gasteiger partial charge in [-0.25, -0.2) is 0 Å². The van der Waals surface area contributed by atoms with Crippen molar-refractivity contribution >= 4 is 0 Å². The molecular weight excluding hydrogens is 190 g/mol. The fourth-order valence-electron chi connectivity index (χ4n) is 2.75. The van der Waals surface area contributed by atoms with Crippen molar-refractivity contribution in [1.29, 1.82) is 0 Å². The van der Waals surface area contributed by atoms with Crippen LogP contribution in [0.3, 0.4) is 0 Å². The van der Waals surface area contributed by atoms with Crippen molar-refractivity contribution in [3.05, 3.63) is 0 Å². The van der Waals surface area contributed by atoms with Gasteiger partial charge in [0, 0.05) is 19.7 Å². The van der Waals surface area contributed by atoms with Crippen LogP contribution in [-0.2, 0) is 4.74 Å². The van der Waals surface area contributed by atoms with Crippen LogP contribution in [0.15, 0.2) is 0 Å². The van der Waals surface area contributed by atoms with Crippen molar-refractivity contribution in [1.82, 2.24) is 5.32 Å². The van der Waals surface area contributed by atoms with Crippen LogP contribution in [0.2, 0.25) is 0 Å². The van der Waals surface area contributed by atoms with E-state index in [4.69, 9.17) is 4.74 Å². The highest BCUT2D eigenvalue weighted by Gasteiger charge is 2.33. The van der Waals surface area contributed by atoms with Crippen molar-refractivity contribution < 1.29 is 9.84 Å². The summed E-state index contributed by atoms with van der Waals surface area (Å²) in [5.74, 6) is 0. The fourth-order valence-corrected chi connectivity index (χ4v) is 2.75. The molecule has 0 aromatic carbocycles. The Morgan fingerprint density at radius 1 is 1.13 bits per heavy atom. The van der Waals surface area contributed by atoms with Gasteiger partial charge in [-0.3, -0.25) is 0 Å². The summed E-state index contributed by atoms with van der Waals surface area (Å²) in [7, 11) is 0. The van der Waals surface area contributed by atoms with Crippen LogP contribution in [0.4, 0.5) is 0 Å². The zero-order valence-corrected chi connectivity index (χ0v) is 9.72. The summed E-state index contributed by atoms with van der Waals surface area (Å²) in [6.45, 7) is 4.65. The van der Waals surface area contributed by atoms with E-state index in [-0.39, 0.29) is 5.60 Å². The third-order valence-electron chi connectivity index (χ3n) is 3.79. The number of rotatable bonds is 4. The van der Waals surface area contributed by atoms with Crippen molar-refractivity contribution in [2.75, 3.05) is 19.7 Å². The van der Waals surface area contributed by atoms with Gasteiger partial charge in [0.2, 0.25) is 0 Å². The average molecular weight is 213 g/mol. The molecule has 2 N–H and O–H groups in total. The molecule has 0 aromatic heterocycles. The van der Waals surface area contributed by atoms with Gasteiger partial charge < -0.3 is 15.2 Å².